The molecular formula is C46H48BrN3O7. The van der Waals surface area contributed by atoms with E-state index in [4.69, 9.17) is 9.47 Å². The summed E-state index contributed by atoms with van der Waals surface area (Å²) in [5.41, 5.74) is 0.729. The first-order chi connectivity index (χ1) is 27.6. The molecule has 4 aromatic carbocycles. The Hall–Kier alpha value is -5.10. The molecule has 0 aromatic heterocycles. The lowest BCUT2D eigenvalue weighted by Gasteiger charge is -2.39. The summed E-state index contributed by atoms with van der Waals surface area (Å²) in [5.74, 6) is -3.91. The van der Waals surface area contributed by atoms with Gasteiger partial charge < -0.3 is 29.7 Å². The highest BCUT2D eigenvalue weighted by molar-refractivity contribution is 9.09. The Morgan fingerprint density at radius 2 is 1.68 bits per heavy atom. The van der Waals surface area contributed by atoms with E-state index in [2.05, 4.69) is 34.4 Å². The van der Waals surface area contributed by atoms with Crippen molar-refractivity contribution in [2.45, 2.75) is 73.4 Å². The van der Waals surface area contributed by atoms with Crippen LogP contribution in [0.4, 0.5) is 5.69 Å². The van der Waals surface area contributed by atoms with Crippen LogP contribution in [-0.2, 0) is 35.1 Å². The fourth-order valence-corrected chi connectivity index (χ4v) is 9.97. The number of carbonyl (C=O) groups excluding carboxylic acids is 4. The number of aliphatic hydroxyl groups is 1. The number of nitrogens with one attached hydrogen (secondary N) is 1. The van der Waals surface area contributed by atoms with Crippen LogP contribution in [0.25, 0.3) is 10.8 Å². The van der Waals surface area contributed by atoms with Gasteiger partial charge in [-0.15, -0.1) is 13.2 Å². The molecule has 9 atom stereocenters. The van der Waals surface area contributed by atoms with Crippen molar-refractivity contribution >= 4 is 56.1 Å². The summed E-state index contributed by atoms with van der Waals surface area (Å²) < 4.78 is 13.2. The highest BCUT2D eigenvalue weighted by Gasteiger charge is 2.77. The van der Waals surface area contributed by atoms with Crippen molar-refractivity contribution in [2.75, 3.05) is 18.1 Å². The van der Waals surface area contributed by atoms with Gasteiger partial charge in [0.15, 0.2) is 0 Å². The number of fused-ring (bicyclic) bond motifs is 2. The van der Waals surface area contributed by atoms with E-state index < -0.39 is 77.0 Å². The van der Waals surface area contributed by atoms with Gasteiger partial charge in [-0.2, -0.15) is 0 Å². The van der Waals surface area contributed by atoms with Crippen molar-refractivity contribution in [3.8, 4) is 0 Å². The van der Waals surface area contributed by atoms with E-state index in [9.17, 15) is 14.7 Å². The van der Waals surface area contributed by atoms with Gasteiger partial charge in [-0.05, 0) is 60.2 Å². The Morgan fingerprint density at radius 3 is 2.37 bits per heavy atom. The van der Waals surface area contributed by atoms with Crippen LogP contribution in [0.5, 0.6) is 0 Å². The number of esters is 1. The van der Waals surface area contributed by atoms with E-state index in [1.165, 1.54) is 4.90 Å². The maximum absolute atomic E-state index is 15.4. The second kappa shape index (κ2) is 17.2. The molecule has 2 N–H and O–H groups in total. The molecule has 0 radical (unpaired) electrons. The molecule has 57 heavy (non-hydrogen) atoms. The van der Waals surface area contributed by atoms with Crippen LogP contribution in [0, 0.1) is 11.8 Å². The SMILES string of the molecule is C=CCCC(=O)N[C@@H](C)[C@H](OC(=O)[C@H]1[C@@H]2O[C@@]3(CC2Br)[C@@H]1C(=O)N([C@@H](CO)Cc1ccccc1)[C@@H]3C(=O)N(CC=C)c1ccc2ccccc2c1)c1ccccc1. The Balaban J connectivity index is 1.28. The molecule has 1 unspecified atom stereocenters. The lowest BCUT2D eigenvalue weighted by molar-refractivity contribution is -0.162. The predicted octanol–water partition coefficient (Wildman–Crippen LogP) is 6.47. The first kappa shape index (κ1) is 40.1. The average molecular weight is 835 g/mol. The van der Waals surface area contributed by atoms with Crippen LogP contribution in [0.2, 0.25) is 0 Å². The van der Waals surface area contributed by atoms with Crippen molar-refractivity contribution in [3.05, 3.63) is 140 Å². The van der Waals surface area contributed by atoms with Gasteiger partial charge in [0.05, 0.1) is 36.6 Å². The number of alkyl halides is 1. The maximum Gasteiger partial charge on any atom is 0.313 e. The summed E-state index contributed by atoms with van der Waals surface area (Å²) in [6.07, 6.45) is 2.89. The minimum Gasteiger partial charge on any atom is -0.455 e. The summed E-state index contributed by atoms with van der Waals surface area (Å²) in [7, 11) is 0. The zero-order chi connectivity index (χ0) is 40.3. The number of benzene rings is 4. The van der Waals surface area contributed by atoms with E-state index >= 15 is 9.59 Å². The normalized spacial score (nSPS) is 25.0. The number of hydrogen-bond acceptors (Lipinski definition) is 7. The molecule has 4 aromatic rings. The summed E-state index contributed by atoms with van der Waals surface area (Å²) in [4.78, 5) is 60.8. The van der Waals surface area contributed by atoms with Crippen molar-refractivity contribution in [1.82, 2.24) is 10.2 Å². The van der Waals surface area contributed by atoms with Crippen molar-refractivity contribution in [2.24, 2.45) is 11.8 Å². The minimum absolute atomic E-state index is 0.140. The number of rotatable bonds is 16. The first-order valence-electron chi connectivity index (χ1n) is 19.5. The van der Waals surface area contributed by atoms with E-state index in [0.29, 0.717) is 17.7 Å². The van der Waals surface area contributed by atoms with Crippen LogP contribution < -0.4 is 10.2 Å². The van der Waals surface area contributed by atoms with Crippen molar-refractivity contribution in [3.63, 3.8) is 0 Å². The maximum atomic E-state index is 15.4. The molecule has 2 bridgehead atoms. The fourth-order valence-electron chi connectivity index (χ4n) is 9.03. The largest absolute Gasteiger partial charge is 0.455 e. The third-order valence-electron chi connectivity index (χ3n) is 11.6. The number of allylic oxidation sites excluding steroid dienone is 1. The monoisotopic (exact) mass is 833 g/mol. The van der Waals surface area contributed by atoms with E-state index in [-0.39, 0.29) is 31.7 Å². The van der Waals surface area contributed by atoms with E-state index in [0.717, 1.165) is 16.3 Å². The number of likely N-dealkylation sites (tertiary alicyclic amines) is 1. The zero-order valence-electron chi connectivity index (χ0n) is 31.9. The van der Waals surface area contributed by atoms with Gasteiger partial charge in [0, 0.05) is 23.5 Å². The lowest BCUT2D eigenvalue weighted by Crippen LogP contribution is -2.59. The standard InChI is InChI=1S/C46H48BrN3O7/c1-4-6-21-37(52)48-29(3)40(32-18-11-8-12-19-32)56-45(55)38-39-43(53)50(35(28-51)25-30-15-9-7-10-16-30)42(46(39)27-36(47)41(38)57-46)44(54)49(24-5-2)34-23-22-31-17-13-14-20-33(31)26-34/h4-5,7-20,22-23,26,29,35-36,38-42,51H,1-2,6,21,24-25,27-28H2,3H3,(H,48,52)/t29-,35+,36?,38+,39-,40-,41+,42+,46-/m0/s1. The molecule has 10 nitrogen and oxygen atoms in total. The second-order valence-electron chi connectivity index (χ2n) is 15.2. The predicted molar refractivity (Wildman–Crippen MR) is 222 cm³/mol. The summed E-state index contributed by atoms with van der Waals surface area (Å²) in [6, 6.07) is 29.6. The molecule has 296 valence electrons. The van der Waals surface area contributed by atoms with Gasteiger partial charge >= 0.3 is 5.97 Å². The van der Waals surface area contributed by atoms with Crippen molar-refractivity contribution in [1.29, 1.82) is 0 Å². The van der Waals surface area contributed by atoms with Gasteiger partial charge in [0.1, 0.15) is 17.7 Å². The number of anilines is 1. The highest BCUT2D eigenvalue weighted by atomic mass is 79.9. The van der Waals surface area contributed by atoms with Crippen LogP contribution >= 0.6 is 15.9 Å². The fraction of sp³-hybridized carbons (Fsp3) is 0.348. The van der Waals surface area contributed by atoms with Crippen LogP contribution in [0.1, 0.15) is 43.4 Å². The number of halogens is 1. The van der Waals surface area contributed by atoms with Gasteiger partial charge in [-0.25, -0.2) is 0 Å². The van der Waals surface area contributed by atoms with Crippen LogP contribution in [-0.4, -0.2) is 81.5 Å². The molecule has 3 saturated heterocycles. The number of ether oxygens (including phenoxy) is 2. The molecule has 11 heteroatoms. The van der Waals surface area contributed by atoms with E-state index in [1.807, 2.05) is 103 Å². The number of nitrogens with zero attached hydrogens (tertiary/aromatic N) is 2. The molecule has 7 rings (SSSR count). The summed E-state index contributed by atoms with van der Waals surface area (Å²) in [5, 5.41) is 15.9. The third kappa shape index (κ3) is 7.68. The zero-order valence-corrected chi connectivity index (χ0v) is 33.5. The minimum atomic E-state index is -1.43. The number of aliphatic hydroxyl groups excluding tert-OH is 1. The topological polar surface area (TPSA) is 125 Å². The lowest BCUT2D eigenvalue weighted by atomic mass is 9.70. The van der Waals surface area contributed by atoms with Crippen LogP contribution in [0.3, 0.4) is 0 Å². The number of carbonyl (C=O) groups is 4. The molecule has 3 amide bonds. The van der Waals surface area contributed by atoms with Crippen molar-refractivity contribution < 1.29 is 33.8 Å². The molecule has 0 aliphatic carbocycles. The molecule has 3 heterocycles. The smallest absolute Gasteiger partial charge is 0.313 e. The Kier molecular flexibility index (Phi) is 12.1. The molecule has 3 aliphatic heterocycles. The average Bonchev–Trinajstić information content (AvgIpc) is 3.83. The first-order valence-corrected chi connectivity index (χ1v) is 20.4. The molecule has 3 fully saturated rings. The quantitative estimate of drug-likeness (QED) is 0.0754. The molecule has 0 saturated carbocycles. The third-order valence-corrected chi connectivity index (χ3v) is 12.4. The highest BCUT2D eigenvalue weighted by Crippen LogP contribution is 2.61. The second-order valence-corrected chi connectivity index (χ2v) is 16.3. The Bertz CT molecular complexity index is 2130. The van der Waals surface area contributed by atoms with Gasteiger partial charge in [0.2, 0.25) is 11.8 Å². The van der Waals surface area contributed by atoms with Gasteiger partial charge in [0.25, 0.3) is 5.91 Å². The Morgan fingerprint density at radius 1 is 1.00 bits per heavy atom. The van der Waals surface area contributed by atoms with Crippen LogP contribution in [0.15, 0.2) is 128 Å². The Labute approximate surface area is 341 Å². The summed E-state index contributed by atoms with van der Waals surface area (Å²) >= 11 is 3.78. The number of hydrogen-bond donors (Lipinski definition) is 2. The molecule has 3 aliphatic rings. The van der Waals surface area contributed by atoms with Gasteiger partial charge in [-0.3, -0.25) is 19.2 Å². The van der Waals surface area contributed by atoms with Gasteiger partial charge in [-0.1, -0.05) is 119 Å². The molecular weight excluding hydrogens is 786 g/mol. The van der Waals surface area contributed by atoms with E-state index in [1.54, 1.807) is 24.0 Å². The number of amides is 3. The molecule has 1 spiro atoms. The summed E-state index contributed by atoms with van der Waals surface area (Å²) in [6.45, 7) is 9.14.